The Kier molecular flexibility index (Phi) is 11.2. The van der Waals surface area contributed by atoms with Gasteiger partial charge in [0, 0.05) is 40.9 Å². The monoisotopic (exact) mass is 580 g/mol. The van der Waals surface area contributed by atoms with Gasteiger partial charge in [0.05, 0.1) is 11.3 Å². The van der Waals surface area contributed by atoms with Crippen molar-refractivity contribution in [2.24, 2.45) is 10.9 Å². The van der Waals surface area contributed by atoms with Gasteiger partial charge in [0.2, 0.25) is 5.91 Å². The summed E-state index contributed by atoms with van der Waals surface area (Å²) in [5.41, 5.74) is 6.50. The predicted octanol–water partition coefficient (Wildman–Crippen LogP) is 6.39. The maximum atomic E-state index is 15.1. The number of primary amides is 1. The largest absolute Gasteiger partial charge is 0.393 e. The van der Waals surface area contributed by atoms with E-state index >= 15 is 4.39 Å². The van der Waals surface area contributed by atoms with Gasteiger partial charge in [-0.25, -0.2) is 8.78 Å². The summed E-state index contributed by atoms with van der Waals surface area (Å²) < 4.78 is 29.6. The van der Waals surface area contributed by atoms with Crippen molar-refractivity contribution in [3.63, 3.8) is 0 Å². The van der Waals surface area contributed by atoms with Crippen molar-refractivity contribution in [1.82, 2.24) is 10.3 Å². The molecule has 0 radical (unpaired) electrons. The molecule has 0 unspecified atom stereocenters. The summed E-state index contributed by atoms with van der Waals surface area (Å²) >= 11 is 5.54. The van der Waals surface area contributed by atoms with E-state index in [4.69, 9.17) is 22.2 Å². The first-order chi connectivity index (χ1) is 19.6. The second-order valence-corrected chi connectivity index (χ2v) is 9.65. The Hall–Kier alpha value is -4.50. The fourth-order valence-electron chi connectivity index (χ4n) is 3.81. The highest BCUT2D eigenvalue weighted by Crippen LogP contribution is 2.35. The smallest absolute Gasteiger partial charge is 0.253 e. The Morgan fingerprint density at radius 3 is 2.15 bits per heavy atom. The Labute approximate surface area is 242 Å². The number of nitrogens with zero attached hydrogens (tertiary/aromatic N) is 1. The third-order valence-electron chi connectivity index (χ3n) is 5.75. The zero-order valence-electron chi connectivity index (χ0n) is 22.9. The van der Waals surface area contributed by atoms with Gasteiger partial charge in [0.25, 0.3) is 5.91 Å². The number of carbonyl (C=O) groups is 2. The number of H-pyrrole nitrogens is 1. The molecule has 7 nitrogen and oxygen atoms in total. The topological polar surface area (TPSA) is 110 Å². The van der Waals surface area contributed by atoms with Crippen LogP contribution in [0.4, 0.5) is 8.78 Å². The maximum absolute atomic E-state index is 15.1. The van der Waals surface area contributed by atoms with Crippen LogP contribution in [0, 0.1) is 18.6 Å². The lowest BCUT2D eigenvalue weighted by Gasteiger charge is -2.14. The van der Waals surface area contributed by atoms with Gasteiger partial charge < -0.3 is 20.9 Å². The summed E-state index contributed by atoms with van der Waals surface area (Å²) in [4.78, 5) is 32.5. The molecule has 0 aliphatic heterocycles. The van der Waals surface area contributed by atoms with E-state index in [9.17, 15) is 14.0 Å². The zero-order valence-corrected chi connectivity index (χ0v) is 23.6. The second kappa shape index (κ2) is 14.8. The van der Waals surface area contributed by atoms with Gasteiger partial charge in [-0.1, -0.05) is 65.3 Å². The average molecular weight is 581 g/mol. The number of oxime groups is 1. The van der Waals surface area contributed by atoms with Crippen molar-refractivity contribution in [1.29, 1.82) is 0 Å². The third-order valence-corrected chi connectivity index (χ3v) is 6.00. The van der Waals surface area contributed by atoms with Crippen LogP contribution in [0.2, 0.25) is 5.02 Å². The molecule has 4 N–H and O–H groups in total. The molecule has 214 valence electrons. The average Bonchev–Trinajstić information content (AvgIpc) is 3.36. The first-order valence-corrected chi connectivity index (χ1v) is 13.2. The Bertz CT molecular complexity index is 1510. The number of rotatable bonds is 9. The summed E-state index contributed by atoms with van der Waals surface area (Å²) in [6.45, 7) is 5.03. The molecule has 0 saturated carbocycles. The SMILES string of the molecule is Cc1c(F)ccc(F)c1-c1c(C(=O)NCCC(N)=O)c[nH]c1/C(=N/OC(C)C)c1ccccc1.Clc1ccccc1. The molecule has 4 rings (SSSR count). The lowest BCUT2D eigenvalue weighted by atomic mass is 9.92. The van der Waals surface area contributed by atoms with Crippen LogP contribution in [-0.2, 0) is 9.63 Å². The quantitative estimate of drug-likeness (QED) is 0.158. The summed E-state index contributed by atoms with van der Waals surface area (Å²) in [7, 11) is 0. The molecule has 0 bridgehead atoms. The molecule has 0 aliphatic rings. The van der Waals surface area contributed by atoms with Gasteiger partial charge in [-0.05, 0) is 50.6 Å². The summed E-state index contributed by atoms with van der Waals surface area (Å²) in [5, 5.41) is 7.65. The number of nitrogens with one attached hydrogen (secondary N) is 2. The molecule has 0 spiro atoms. The van der Waals surface area contributed by atoms with Gasteiger partial charge in [0.1, 0.15) is 23.5 Å². The predicted molar refractivity (Wildman–Crippen MR) is 157 cm³/mol. The van der Waals surface area contributed by atoms with Crippen molar-refractivity contribution in [2.75, 3.05) is 6.54 Å². The van der Waals surface area contributed by atoms with E-state index in [-0.39, 0.29) is 47.0 Å². The van der Waals surface area contributed by atoms with Crippen molar-refractivity contribution in [3.8, 4) is 11.1 Å². The summed E-state index contributed by atoms with van der Waals surface area (Å²) in [5.74, 6) is -2.49. The molecular weight excluding hydrogens is 550 g/mol. The van der Waals surface area contributed by atoms with E-state index < -0.39 is 23.4 Å². The first-order valence-electron chi connectivity index (χ1n) is 12.8. The molecule has 4 aromatic rings. The van der Waals surface area contributed by atoms with Gasteiger partial charge in [-0.3, -0.25) is 9.59 Å². The second-order valence-electron chi connectivity index (χ2n) is 9.21. The highest BCUT2D eigenvalue weighted by Gasteiger charge is 2.27. The molecule has 10 heteroatoms. The fraction of sp³-hybridized carbons (Fsp3) is 0.194. The molecule has 0 fully saturated rings. The Morgan fingerprint density at radius 2 is 1.59 bits per heavy atom. The summed E-state index contributed by atoms with van der Waals surface area (Å²) in [6, 6.07) is 20.5. The van der Waals surface area contributed by atoms with Crippen LogP contribution in [0.1, 0.15) is 47.4 Å². The minimum absolute atomic E-state index is 0.00513. The van der Waals surface area contributed by atoms with Gasteiger partial charge in [0.15, 0.2) is 0 Å². The molecule has 0 aliphatic carbocycles. The highest BCUT2D eigenvalue weighted by molar-refractivity contribution is 6.30. The minimum Gasteiger partial charge on any atom is -0.393 e. The van der Waals surface area contributed by atoms with E-state index in [1.165, 1.54) is 13.1 Å². The number of nitrogens with two attached hydrogens (primary N) is 1. The van der Waals surface area contributed by atoms with Crippen molar-refractivity contribution >= 4 is 29.1 Å². The molecular formula is C31H31ClF2N4O3. The lowest BCUT2D eigenvalue weighted by molar-refractivity contribution is -0.117. The number of benzene rings is 3. The number of carbonyl (C=O) groups excluding carboxylic acids is 2. The molecule has 1 heterocycles. The van der Waals surface area contributed by atoms with E-state index in [1.807, 2.05) is 36.4 Å². The van der Waals surface area contributed by atoms with Crippen LogP contribution in [0.25, 0.3) is 11.1 Å². The molecule has 1 aromatic heterocycles. The van der Waals surface area contributed by atoms with Crippen molar-refractivity contribution in [3.05, 3.63) is 118 Å². The molecule has 2 amide bonds. The van der Waals surface area contributed by atoms with Crippen LogP contribution < -0.4 is 11.1 Å². The maximum Gasteiger partial charge on any atom is 0.253 e. The fourth-order valence-corrected chi connectivity index (χ4v) is 3.96. The van der Waals surface area contributed by atoms with Gasteiger partial charge in [-0.15, -0.1) is 0 Å². The number of hydrogen-bond donors (Lipinski definition) is 3. The third kappa shape index (κ3) is 8.49. The zero-order chi connectivity index (χ0) is 29.9. The molecule has 0 saturated heterocycles. The van der Waals surface area contributed by atoms with Crippen molar-refractivity contribution < 1.29 is 23.2 Å². The van der Waals surface area contributed by atoms with E-state index in [0.29, 0.717) is 11.3 Å². The number of hydrogen-bond acceptors (Lipinski definition) is 4. The van der Waals surface area contributed by atoms with Gasteiger partial charge >= 0.3 is 0 Å². The molecule has 0 atom stereocenters. The lowest BCUT2D eigenvalue weighted by Crippen LogP contribution is -2.28. The van der Waals surface area contributed by atoms with Crippen LogP contribution in [0.3, 0.4) is 0 Å². The Balaban J connectivity index is 0.000000575. The van der Waals surface area contributed by atoms with Crippen molar-refractivity contribution in [2.45, 2.75) is 33.3 Å². The first kappa shape index (κ1) is 31.0. The van der Waals surface area contributed by atoms with Crippen LogP contribution in [-0.4, -0.2) is 35.2 Å². The number of aromatic nitrogens is 1. The normalized spacial score (nSPS) is 11.0. The standard InChI is InChI=1S/C25H26F2N4O3.C6H5Cl/c1-14(2)34-31-23(16-7-5-4-6-8-16)24-22(21-15(3)18(26)9-10-19(21)27)17(13-30-24)25(33)29-12-11-20(28)32;7-6-4-2-1-3-5-6/h4-10,13-14,30H,11-12H2,1-3H3,(H2,28,32)(H,29,33);1-5H/b31-23+;. The highest BCUT2D eigenvalue weighted by atomic mass is 35.5. The summed E-state index contributed by atoms with van der Waals surface area (Å²) in [6.07, 6.45) is 1.08. The van der Waals surface area contributed by atoms with E-state index in [2.05, 4.69) is 15.5 Å². The van der Waals surface area contributed by atoms with E-state index in [0.717, 1.165) is 17.2 Å². The van der Waals surface area contributed by atoms with Crippen LogP contribution in [0.5, 0.6) is 0 Å². The minimum atomic E-state index is -0.705. The van der Waals surface area contributed by atoms with Crippen LogP contribution >= 0.6 is 11.6 Å². The Morgan fingerprint density at radius 1 is 0.976 bits per heavy atom. The number of aromatic amines is 1. The molecule has 41 heavy (non-hydrogen) atoms. The van der Waals surface area contributed by atoms with Crippen LogP contribution in [0.15, 0.2) is 84.1 Å². The number of halogens is 3. The van der Waals surface area contributed by atoms with Gasteiger partial charge in [-0.2, -0.15) is 0 Å². The van der Waals surface area contributed by atoms with E-state index in [1.54, 1.807) is 38.1 Å². The molecule has 3 aromatic carbocycles. The number of amides is 2.